The Balaban J connectivity index is 1.27. The summed E-state index contributed by atoms with van der Waals surface area (Å²) in [5.41, 5.74) is 6.51. The lowest BCUT2D eigenvalue weighted by molar-refractivity contribution is 0.0532. The van der Waals surface area contributed by atoms with Crippen molar-refractivity contribution < 1.29 is 9.59 Å². The molecule has 0 spiro atoms. The summed E-state index contributed by atoms with van der Waals surface area (Å²) < 4.78 is 0. The standard InChI is InChI=1S/C28H28N4O2/c1-20-19-23(12-13-25(20)32-14-6-9-22-8-3-4-11-26(22)32)27(33)30-15-17-31(18-16-30)28(34)24-10-5-7-21(2)29-24/h3-13,19H,14-18H2,1-2H3. The lowest BCUT2D eigenvalue weighted by atomic mass is 10.0. The van der Waals surface area contributed by atoms with Gasteiger partial charge in [0.05, 0.1) is 0 Å². The van der Waals surface area contributed by atoms with Crippen molar-refractivity contribution in [3.05, 3.63) is 94.8 Å². The van der Waals surface area contributed by atoms with Gasteiger partial charge in [-0.05, 0) is 61.4 Å². The van der Waals surface area contributed by atoms with Crippen molar-refractivity contribution >= 4 is 29.3 Å². The molecular weight excluding hydrogens is 424 g/mol. The lowest BCUT2D eigenvalue weighted by Crippen LogP contribution is -2.50. The first-order valence-corrected chi connectivity index (χ1v) is 11.7. The van der Waals surface area contributed by atoms with Gasteiger partial charge in [-0.1, -0.05) is 36.4 Å². The molecule has 3 heterocycles. The molecule has 1 saturated heterocycles. The first-order valence-electron chi connectivity index (χ1n) is 11.7. The molecule has 0 unspecified atom stereocenters. The van der Waals surface area contributed by atoms with Crippen LogP contribution in [0, 0.1) is 13.8 Å². The normalized spacial score (nSPS) is 15.3. The Kier molecular flexibility index (Phi) is 5.88. The van der Waals surface area contributed by atoms with Gasteiger partial charge in [0.1, 0.15) is 5.69 Å². The number of aryl methyl sites for hydroxylation is 2. The summed E-state index contributed by atoms with van der Waals surface area (Å²) in [5, 5.41) is 0. The highest BCUT2D eigenvalue weighted by molar-refractivity contribution is 5.96. The summed E-state index contributed by atoms with van der Waals surface area (Å²) in [6.07, 6.45) is 4.31. The summed E-state index contributed by atoms with van der Waals surface area (Å²) in [7, 11) is 0. The third-order valence-electron chi connectivity index (χ3n) is 6.51. The zero-order chi connectivity index (χ0) is 23.7. The van der Waals surface area contributed by atoms with Crippen LogP contribution in [-0.4, -0.2) is 59.3 Å². The van der Waals surface area contributed by atoms with E-state index in [4.69, 9.17) is 0 Å². The van der Waals surface area contributed by atoms with Crippen molar-refractivity contribution in [2.24, 2.45) is 0 Å². The predicted octanol–water partition coefficient (Wildman–Crippen LogP) is 4.46. The number of anilines is 2. The van der Waals surface area contributed by atoms with Crippen LogP contribution in [0.25, 0.3) is 6.08 Å². The van der Waals surface area contributed by atoms with Gasteiger partial charge in [-0.2, -0.15) is 0 Å². The number of hydrogen-bond acceptors (Lipinski definition) is 4. The van der Waals surface area contributed by atoms with Gasteiger partial charge in [0.2, 0.25) is 0 Å². The number of hydrogen-bond donors (Lipinski definition) is 0. The summed E-state index contributed by atoms with van der Waals surface area (Å²) in [4.78, 5) is 36.2. The zero-order valence-corrected chi connectivity index (χ0v) is 19.6. The van der Waals surface area contributed by atoms with Crippen LogP contribution in [-0.2, 0) is 0 Å². The third-order valence-corrected chi connectivity index (χ3v) is 6.51. The number of benzene rings is 2. The van der Waals surface area contributed by atoms with Crippen LogP contribution >= 0.6 is 0 Å². The smallest absolute Gasteiger partial charge is 0.272 e. The monoisotopic (exact) mass is 452 g/mol. The second-order valence-corrected chi connectivity index (χ2v) is 8.82. The van der Waals surface area contributed by atoms with Crippen molar-refractivity contribution in [2.45, 2.75) is 13.8 Å². The highest BCUT2D eigenvalue weighted by Crippen LogP contribution is 2.34. The minimum atomic E-state index is -0.0770. The Hall–Kier alpha value is -3.93. The predicted molar refractivity (Wildman–Crippen MR) is 134 cm³/mol. The van der Waals surface area contributed by atoms with E-state index in [2.05, 4.69) is 47.2 Å². The van der Waals surface area contributed by atoms with E-state index in [0.717, 1.165) is 23.5 Å². The Morgan fingerprint density at radius 1 is 0.794 bits per heavy atom. The molecule has 2 aliphatic rings. The fourth-order valence-electron chi connectivity index (χ4n) is 4.70. The third kappa shape index (κ3) is 4.19. The summed E-state index contributed by atoms with van der Waals surface area (Å²) in [6.45, 7) is 6.78. The summed E-state index contributed by atoms with van der Waals surface area (Å²) in [6, 6.07) is 19.8. The number of piperazine rings is 1. The Bertz CT molecular complexity index is 1270. The van der Waals surface area contributed by atoms with Crippen LogP contribution in [0.15, 0.2) is 66.7 Å². The molecule has 2 aromatic carbocycles. The number of carbonyl (C=O) groups excluding carboxylic acids is 2. The number of para-hydroxylation sites is 1. The Labute approximate surface area is 200 Å². The van der Waals surface area contributed by atoms with Crippen LogP contribution in [0.1, 0.15) is 37.7 Å². The maximum absolute atomic E-state index is 13.2. The van der Waals surface area contributed by atoms with Crippen LogP contribution in [0.4, 0.5) is 11.4 Å². The molecule has 0 radical (unpaired) electrons. The molecule has 1 fully saturated rings. The second kappa shape index (κ2) is 9.14. The van der Waals surface area contributed by atoms with E-state index in [0.29, 0.717) is 37.4 Å². The van der Waals surface area contributed by atoms with Gasteiger partial charge >= 0.3 is 0 Å². The highest BCUT2D eigenvalue weighted by Gasteiger charge is 2.26. The lowest BCUT2D eigenvalue weighted by Gasteiger charge is -2.35. The fraction of sp³-hybridized carbons (Fsp3) is 0.250. The van der Waals surface area contributed by atoms with Gasteiger partial charge < -0.3 is 14.7 Å². The molecule has 0 N–H and O–H groups in total. The second-order valence-electron chi connectivity index (χ2n) is 8.82. The molecule has 0 bridgehead atoms. The number of rotatable bonds is 3. The molecule has 0 aliphatic carbocycles. The summed E-state index contributed by atoms with van der Waals surface area (Å²) in [5.74, 6) is -0.0683. The van der Waals surface area contributed by atoms with E-state index in [-0.39, 0.29) is 11.8 Å². The quantitative estimate of drug-likeness (QED) is 0.589. The maximum atomic E-state index is 13.2. The minimum absolute atomic E-state index is 0.00868. The molecule has 0 saturated carbocycles. The number of amides is 2. The molecule has 6 nitrogen and oxygen atoms in total. The molecule has 0 atom stereocenters. The van der Waals surface area contributed by atoms with Gasteiger partial charge in [-0.25, -0.2) is 4.98 Å². The van der Waals surface area contributed by atoms with Crippen LogP contribution in [0.2, 0.25) is 0 Å². The van der Waals surface area contributed by atoms with Gasteiger partial charge in [0.25, 0.3) is 11.8 Å². The SMILES string of the molecule is Cc1cccc(C(=O)N2CCN(C(=O)c3ccc(N4CC=Cc5ccccc54)c(C)c3)CC2)n1. The molecule has 1 aromatic heterocycles. The van der Waals surface area contributed by atoms with Crippen LogP contribution in [0.5, 0.6) is 0 Å². The van der Waals surface area contributed by atoms with Gasteiger partial charge in [0.15, 0.2) is 0 Å². The molecular formula is C28H28N4O2. The zero-order valence-electron chi connectivity index (χ0n) is 19.6. The largest absolute Gasteiger partial charge is 0.337 e. The first kappa shape index (κ1) is 21.9. The summed E-state index contributed by atoms with van der Waals surface area (Å²) >= 11 is 0. The van der Waals surface area contributed by atoms with Gasteiger partial charge in [0, 0.05) is 55.4 Å². The van der Waals surface area contributed by atoms with Gasteiger partial charge in [-0.3, -0.25) is 9.59 Å². The first-order chi connectivity index (χ1) is 16.5. The van der Waals surface area contributed by atoms with E-state index in [1.165, 1.54) is 11.3 Å². The van der Waals surface area contributed by atoms with E-state index in [1.54, 1.807) is 11.0 Å². The van der Waals surface area contributed by atoms with Gasteiger partial charge in [-0.15, -0.1) is 0 Å². The van der Waals surface area contributed by atoms with E-state index >= 15 is 0 Å². The topological polar surface area (TPSA) is 56.8 Å². The minimum Gasteiger partial charge on any atom is -0.337 e. The highest BCUT2D eigenvalue weighted by atomic mass is 16.2. The molecule has 3 aromatic rings. The Morgan fingerprint density at radius 3 is 2.26 bits per heavy atom. The number of fused-ring (bicyclic) bond motifs is 1. The number of nitrogens with zero attached hydrogens (tertiary/aromatic N) is 4. The van der Waals surface area contributed by atoms with Crippen LogP contribution < -0.4 is 4.90 Å². The molecule has 34 heavy (non-hydrogen) atoms. The van der Waals surface area contributed by atoms with Crippen molar-refractivity contribution in [1.29, 1.82) is 0 Å². The maximum Gasteiger partial charge on any atom is 0.272 e. The van der Waals surface area contributed by atoms with Crippen molar-refractivity contribution in [2.75, 3.05) is 37.6 Å². The van der Waals surface area contributed by atoms with E-state index in [1.807, 2.05) is 48.2 Å². The van der Waals surface area contributed by atoms with Crippen molar-refractivity contribution in [3.8, 4) is 0 Å². The average molecular weight is 453 g/mol. The molecule has 2 amide bonds. The molecule has 2 aliphatic heterocycles. The Morgan fingerprint density at radius 2 is 1.53 bits per heavy atom. The average Bonchev–Trinajstić information content (AvgIpc) is 2.87. The fourth-order valence-corrected chi connectivity index (χ4v) is 4.70. The number of pyridine rings is 1. The van der Waals surface area contributed by atoms with Crippen LogP contribution in [0.3, 0.4) is 0 Å². The number of carbonyl (C=O) groups is 2. The number of aromatic nitrogens is 1. The van der Waals surface area contributed by atoms with Crippen molar-refractivity contribution in [3.63, 3.8) is 0 Å². The molecule has 6 heteroatoms. The van der Waals surface area contributed by atoms with Crippen molar-refractivity contribution in [1.82, 2.24) is 14.8 Å². The molecule has 172 valence electrons. The van der Waals surface area contributed by atoms with E-state index in [9.17, 15) is 9.59 Å². The molecule has 5 rings (SSSR count). The van der Waals surface area contributed by atoms with E-state index < -0.39 is 0 Å².